The van der Waals surface area contributed by atoms with Crippen LogP contribution in [0.5, 0.6) is 0 Å². The van der Waals surface area contributed by atoms with Gasteiger partial charge in [-0.3, -0.25) is 0 Å². The summed E-state index contributed by atoms with van der Waals surface area (Å²) in [6, 6.07) is 9.12. The molecule has 21 heavy (non-hydrogen) atoms. The molecule has 0 N–H and O–H groups in total. The number of para-hydroxylation sites is 1. The zero-order chi connectivity index (χ0) is 15.0. The third kappa shape index (κ3) is 2.38. The predicted molar refractivity (Wildman–Crippen MR) is 71.7 cm³/mol. The fourth-order valence-corrected chi connectivity index (χ4v) is 2.10. The summed E-state index contributed by atoms with van der Waals surface area (Å²) >= 11 is 5.88. The molecule has 0 saturated carbocycles. The molecule has 0 saturated heterocycles. The predicted octanol–water partition coefficient (Wildman–Crippen LogP) is 4.01. The fraction of sp³-hybridized carbons (Fsp3) is 0. The van der Waals surface area contributed by atoms with Gasteiger partial charge in [-0.15, -0.1) is 5.10 Å². The van der Waals surface area contributed by atoms with Gasteiger partial charge in [0.15, 0.2) is 5.82 Å². The van der Waals surface area contributed by atoms with Gasteiger partial charge in [-0.25, -0.2) is 13.2 Å². The van der Waals surface area contributed by atoms with E-state index >= 15 is 0 Å². The van der Waals surface area contributed by atoms with Gasteiger partial charge in [0.25, 0.3) is 0 Å². The maximum atomic E-state index is 13.7. The zero-order valence-electron chi connectivity index (χ0n) is 10.4. The topological polar surface area (TPSA) is 30.7 Å². The van der Waals surface area contributed by atoms with Gasteiger partial charge in [-0.05, 0) is 35.9 Å². The molecule has 0 radical (unpaired) electrons. The molecule has 0 bridgehead atoms. The summed E-state index contributed by atoms with van der Waals surface area (Å²) < 4.78 is 42.1. The molecule has 3 rings (SSSR count). The molecule has 0 unspecified atom stereocenters. The maximum absolute atomic E-state index is 13.7. The van der Waals surface area contributed by atoms with Crippen molar-refractivity contribution < 1.29 is 13.2 Å². The van der Waals surface area contributed by atoms with E-state index in [1.54, 1.807) is 6.07 Å². The van der Waals surface area contributed by atoms with Gasteiger partial charge in [-0.1, -0.05) is 18.2 Å². The van der Waals surface area contributed by atoms with Gasteiger partial charge in [0.1, 0.15) is 23.1 Å². The van der Waals surface area contributed by atoms with Crippen LogP contribution < -0.4 is 0 Å². The van der Waals surface area contributed by atoms with E-state index in [0.29, 0.717) is 0 Å². The smallest absolute Gasteiger partial charge is 0.206 e. The van der Waals surface area contributed by atoms with Crippen molar-refractivity contribution in [1.82, 2.24) is 14.8 Å². The van der Waals surface area contributed by atoms with E-state index in [2.05, 4.69) is 10.1 Å². The molecular weight excluding hydrogens is 303 g/mol. The molecular formula is C14H7ClF3N3. The molecule has 0 aliphatic heterocycles. The summed E-state index contributed by atoms with van der Waals surface area (Å²) in [5.74, 6) is -2.47. The van der Waals surface area contributed by atoms with Crippen molar-refractivity contribution in [1.29, 1.82) is 0 Å². The van der Waals surface area contributed by atoms with Gasteiger partial charge >= 0.3 is 0 Å². The molecule has 3 aromatic rings. The van der Waals surface area contributed by atoms with Crippen LogP contribution in [0.15, 0.2) is 42.5 Å². The molecule has 0 aliphatic carbocycles. The minimum Gasteiger partial charge on any atom is -0.206 e. The Bertz CT molecular complexity index is 797. The highest BCUT2D eigenvalue weighted by Crippen LogP contribution is 2.26. The standard InChI is InChI=1S/C14H7ClF3N3/c15-14-19-13(12-9(17)5-3-6-10(12)18)20-21(14)11-7-2-1-4-8(11)16/h1-7H. The van der Waals surface area contributed by atoms with Crippen LogP contribution in [0.4, 0.5) is 13.2 Å². The summed E-state index contributed by atoms with van der Waals surface area (Å²) in [4.78, 5) is 3.79. The fourth-order valence-electron chi connectivity index (χ4n) is 1.89. The number of hydrogen-bond donors (Lipinski definition) is 0. The van der Waals surface area contributed by atoms with E-state index in [4.69, 9.17) is 11.6 Å². The van der Waals surface area contributed by atoms with Crippen LogP contribution in [-0.2, 0) is 0 Å². The first-order valence-corrected chi connectivity index (χ1v) is 6.27. The Morgan fingerprint density at radius 2 is 1.48 bits per heavy atom. The summed E-state index contributed by atoms with van der Waals surface area (Å²) in [6.45, 7) is 0. The third-order valence-corrected chi connectivity index (χ3v) is 3.08. The van der Waals surface area contributed by atoms with E-state index < -0.39 is 23.0 Å². The van der Waals surface area contributed by atoms with Crippen LogP contribution in [0.1, 0.15) is 0 Å². The second kappa shape index (κ2) is 5.21. The average Bonchev–Trinajstić information content (AvgIpc) is 2.81. The van der Waals surface area contributed by atoms with Gasteiger partial charge in [-0.2, -0.15) is 9.67 Å². The van der Waals surface area contributed by atoms with Gasteiger partial charge in [0.2, 0.25) is 5.28 Å². The first-order chi connectivity index (χ1) is 10.1. The van der Waals surface area contributed by atoms with E-state index in [0.717, 1.165) is 16.8 Å². The summed E-state index contributed by atoms with van der Waals surface area (Å²) in [5.41, 5.74) is -0.368. The Kier molecular flexibility index (Phi) is 3.39. The lowest BCUT2D eigenvalue weighted by Gasteiger charge is -2.02. The molecule has 0 spiro atoms. The van der Waals surface area contributed by atoms with Crippen LogP contribution in [-0.4, -0.2) is 14.8 Å². The SMILES string of the molecule is Fc1ccccc1-n1nc(-c2c(F)cccc2F)nc1Cl. The molecule has 3 nitrogen and oxygen atoms in total. The average molecular weight is 310 g/mol. The molecule has 0 amide bonds. The van der Waals surface area contributed by atoms with Gasteiger partial charge < -0.3 is 0 Å². The first kappa shape index (κ1) is 13.6. The highest BCUT2D eigenvalue weighted by atomic mass is 35.5. The molecule has 0 atom stereocenters. The molecule has 7 heteroatoms. The third-order valence-electron chi connectivity index (χ3n) is 2.83. The second-order valence-electron chi connectivity index (χ2n) is 4.16. The number of nitrogens with zero attached hydrogens (tertiary/aromatic N) is 3. The molecule has 0 fully saturated rings. The largest absolute Gasteiger partial charge is 0.226 e. The Labute approximate surface area is 122 Å². The highest BCUT2D eigenvalue weighted by molar-refractivity contribution is 6.28. The van der Waals surface area contributed by atoms with Crippen molar-refractivity contribution in [3.63, 3.8) is 0 Å². The monoisotopic (exact) mass is 309 g/mol. The summed E-state index contributed by atoms with van der Waals surface area (Å²) in [6.07, 6.45) is 0. The molecule has 106 valence electrons. The van der Waals surface area contributed by atoms with E-state index in [-0.39, 0.29) is 16.8 Å². The van der Waals surface area contributed by atoms with Crippen LogP contribution >= 0.6 is 11.6 Å². The van der Waals surface area contributed by atoms with Crippen molar-refractivity contribution in [2.24, 2.45) is 0 Å². The van der Waals surface area contributed by atoms with Crippen LogP contribution in [0.3, 0.4) is 0 Å². The Hall–Kier alpha value is -2.34. The quantitative estimate of drug-likeness (QED) is 0.716. The van der Waals surface area contributed by atoms with E-state index in [9.17, 15) is 13.2 Å². The normalized spacial score (nSPS) is 10.9. The van der Waals surface area contributed by atoms with Gasteiger partial charge in [0, 0.05) is 0 Å². The highest BCUT2D eigenvalue weighted by Gasteiger charge is 2.19. The summed E-state index contributed by atoms with van der Waals surface area (Å²) in [7, 11) is 0. The number of rotatable bonds is 2. The molecule has 1 heterocycles. The minimum atomic E-state index is -0.822. The van der Waals surface area contributed by atoms with E-state index in [1.165, 1.54) is 24.3 Å². The van der Waals surface area contributed by atoms with Crippen molar-refractivity contribution >= 4 is 11.6 Å². The lowest BCUT2D eigenvalue weighted by molar-refractivity contribution is 0.587. The molecule has 2 aromatic carbocycles. The van der Waals surface area contributed by atoms with Crippen molar-refractivity contribution in [3.8, 4) is 17.1 Å². The van der Waals surface area contributed by atoms with Crippen molar-refractivity contribution in [2.75, 3.05) is 0 Å². The zero-order valence-corrected chi connectivity index (χ0v) is 11.2. The van der Waals surface area contributed by atoms with Crippen LogP contribution in [0.2, 0.25) is 5.28 Å². The summed E-state index contributed by atoms with van der Waals surface area (Å²) in [5, 5.41) is 3.69. The second-order valence-corrected chi connectivity index (χ2v) is 4.50. The molecule has 1 aromatic heterocycles. The first-order valence-electron chi connectivity index (χ1n) is 5.90. The number of halogens is 4. The van der Waals surface area contributed by atoms with Crippen LogP contribution in [0, 0.1) is 17.5 Å². The minimum absolute atomic E-state index is 0.0398. The molecule has 0 aliphatic rings. The lowest BCUT2D eigenvalue weighted by atomic mass is 10.2. The Morgan fingerprint density at radius 1 is 0.857 bits per heavy atom. The number of hydrogen-bond acceptors (Lipinski definition) is 2. The van der Waals surface area contributed by atoms with Crippen molar-refractivity contribution in [2.45, 2.75) is 0 Å². The Balaban J connectivity index is 2.17. The maximum Gasteiger partial charge on any atom is 0.226 e. The Morgan fingerprint density at radius 3 is 2.14 bits per heavy atom. The number of aromatic nitrogens is 3. The van der Waals surface area contributed by atoms with E-state index in [1.807, 2.05) is 0 Å². The van der Waals surface area contributed by atoms with Gasteiger partial charge in [0.05, 0.1) is 5.56 Å². The van der Waals surface area contributed by atoms with Crippen molar-refractivity contribution in [3.05, 3.63) is 65.2 Å². The number of benzene rings is 2. The lowest BCUT2D eigenvalue weighted by Crippen LogP contribution is -2.00. The van der Waals surface area contributed by atoms with Crippen LogP contribution in [0.25, 0.3) is 17.1 Å².